The van der Waals surface area contributed by atoms with Crippen LogP contribution in [0.5, 0.6) is 0 Å². The van der Waals surface area contributed by atoms with Crippen LogP contribution in [0.2, 0.25) is 0 Å². The summed E-state index contributed by atoms with van der Waals surface area (Å²) in [7, 11) is 0. The molecule has 0 aromatic carbocycles. The second-order valence-corrected chi connectivity index (χ2v) is 5.25. The predicted molar refractivity (Wildman–Crippen MR) is 71.2 cm³/mol. The van der Waals surface area contributed by atoms with Crippen molar-refractivity contribution in [2.24, 2.45) is 0 Å². The van der Waals surface area contributed by atoms with Gasteiger partial charge in [-0.25, -0.2) is 9.50 Å². The van der Waals surface area contributed by atoms with E-state index in [0.29, 0.717) is 17.8 Å². The molecule has 1 saturated heterocycles. The third-order valence-corrected chi connectivity index (χ3v) is 3.65. The van der Waals surface area contributed by atoms with Gasteiger partial charge in [-0.2, -0.15) is 5.10 Å². The molecule has 0 aliphatic carbocycles. The maximum Gasteiger partial charge on any atom is 0.155 e. The van der Waals surface area contributed by atoms with Gasteiger partial charge in [0.05, 0.1) is 29.8 Å². The van der Waals surface area contributed by atoms with Crippen molar-refractivity contribution in [1.29, 1.82) is 0 Å². The van der Waals surface area contributed by atoms with E-state index in [1.165, 1.54) is 12.8 Å². The van der Waals surface area contributed by atoms with Gasteiger partial charge in [-0.05, 0) is 33.2 Å². The molecule has 0 bridgehead atoms. The summed E-state index contributed by atoms with van der Waals surface area (Å²) < 4.78 is 1.78. The van der Waals surface area contributed by atoms with Crippen molar-refractivity contribution in [3.05, 3.63) is 24.2 Å². The van der Waals surface area contributed by atoms with Crippen LogP contribution in [0.25, 0.3) is 5.65 Å². The van der Waals surface area contributed by atoms with Crippen molar-refractivity contribution in [3.8, 4) is 0 Å². The van der Waals surface area contributed by atoms with E-state index in [0.717, 1.165) is 17.9 Å². The highest BCUT2D eigenvalue weighted by Crippen LogP contribution is 2.32. The summed E-state index contributed by atoms with van der Waals surface area (Å²) in [5.41, 5.74) is 8.35. The lowest BCUT2D eigenvalue weighted by atomic mass is 10.1. The summed E-state index contributed by atoms with van der Waals surface area (Å²) in [5, 5.41) is 4.62. The molecule has 1 unspecified atom stereocenters. The molecule has 3 rings (SSSR count). The van der Waals surface area contributed by atoms with Gasteiger partial charge in [0.15, 0.2) is 5.65 Å². The lowest BCUT2D eigenvalue weighted by Gasteiger charge is -2.26. The Morgan fingerprint density at radius 3 is 3.06 bits per heavy atom. The number of likely N-dealkylation sites (tertiary alicyclic amines) is 1. The van der Waals surface area contributed by atoms with Crippen LogP contribution in [0.4, 0.5) is 5.69 Å². The van der Waals surface area contributed by atoms with Gasteiger partial charge in [0.1, 0.15) is 0 Å². The smallest absolute Gasteiger partial charge is 0.155 e. The Morgan fingerprint density at radius 1 is 1.44 bits per heavy atom. The van der Waals surface area contributed by atoms with Gasteiger partial charge in [0, 0.05) is 12.1 Å². The zero-order chi connectivity index (χ0) is 12.7. The number of fused-ring (bicyclic) bond motifs is 1. The van der Waals surface area contributed by atoms with Crippen LogP contribution in [0.15, 0.2) is 18.5 Å². The van der Waals surface area contributed by atoms with E-state index in [1.54, 1.807) is 10.7 Å². The Hall–Kier alpha value is -1.62. The largest absolute Gasteiger partial charge is 0.396 e. The Bertz CT molecular complexity index is 560. The number of hydrogen-bond donors (Lipinski definition) is 1. The number of nitrogens with zero attached hydrogens (tertiary/aromatic N) is 4. The van der Waals surface area contributed by atoms with E-state index in [-0.39, 0.29) is 0 Å². The van der Waals surface area contributed by atoms with Crippen molar-refractivity contribution in [2.45, 2.75) is 38.8 Å². The summed E-state index contributed by atoms with van der Waals surface area (Å²) in [4.78, 5) is 6.80. The molecule has 0 spiro atoms. The summed E-state index contributed by atoms with van der Waals surface area (Å²) in [6.07, 6.45) is 5.92. The lowest BCUT2D eigenvalue weighted by Crippen LogP contribution is -2.30. The Balaban J connectivity index is 1.98. The molecule has 2 aromatic rings. The van der Waals surface area contributed by atoms with E-state index in [1.807, 2.05) is 6.20 Å². The monoisotopic (exact) mass is 245 g/mol. The number of rotatable bonds is 2. The molecule has 1 aliphatic heterocycles. The van der Waals surface area contributed by atoms with Crippen molar-refractivity contribution in [1.82, 2.24) is 19.5 Å². The fourth-order valence-electron chi connectivity index (χ4n) is 2.80. The predicted octanol–water partition coefficient (Wildman–Crippen LogP) is 1.86. The first-order valence-corrected chi connectivity index (χ1v) is 6.51. The maximum atomic E-state index is 5.73. The molecular formula is C13H19N5. The fraction of sp³-hybridized carbons (Fsp3) is 0.538. The molecule has 5 nitrogen and oxygen atoms in total. The molecule has 3 heterocycles. The summed E-state index contributed by atoms with van der Waals surface area (Å²) >= 11 is 0. The molecule has 18 heavy (non-hydrogen) atoms. The van der Waals surface area contributed by atoms with Crippen LogP contribution < -0.4 is 5.73 Å². The molecule has 0 amide bonds. The topological polar surface area (TPSA) is 59.5 Å². The third-order valence-electron chi connectivity index (χ3n) is 3.65. The Morgan fingerprint density at radius 2 is 2.28 bits per heavy atom. The molecule has 1 fully saturated rings. The Kier molecular flexibility index (Phi) is 2.70. The van der Waals surface area contributed by atoms with Crippen molar-refractivity contribution < 1.29 is 0 Å². The van der Waals surface area contributed by atoms with Crippen LogP contribution in [0.3, 0.4) is 0 Å². The van der Waals surface area contributed by atoms with E-state index in [2.05, 4.69) is 34.9 Å². The minimum absolute atomic E-state index is 0.424. The van der Waals surface area contributed by atoms with Crippen LogP contribution in [0, 0.1) is 0 Å². The van der Waals surface area contributed by atoms with E-state index in [9.17, 15) is 0 Å². The molecule has 2 aromatic heterocycles. The van der Waals surface area contributed by atoms with E-state index < -0.39 is 0 Å². The Labute approximate surface area is 107 Å². The van der Waals surface area contributed by atoms with Gasteiger partial charge in [0.2, 0.25) is 0 Å². The number of anilines is 1. The number of aromatic nitrogens is 3. The van der Waals surface area contributed by atoms with Crippen LogP contribution in [0.1, 0.15) is 38.4 Å². The van der Waals surface area contributed by atoms with Gasteiger partial charge in [-0.15, -0.1) is 0 Å². The minimum atomic E-state index is 0.424. The number of hydrogen-bond acceptors (Lipinski definition) is 4. The molecule has 1 aliphatic rings. The summed E-state index contributed by atoms with van der Waals surface area (Å²) in [6.45, 7) is 5.64. The normalized spacial score (nSPS) is 21.2. The molecule has 1 atom stereocenters. The van der Waals surface area contributed by atoms with Crippen LogP contribution in [-0.2, 0) is 0 Å². The first-order valence-electron chi connectivity index (χ1n) is 6.51. The maximum absolute atomic E-state index is 5.73. The molecule has 2 N–H and O–H groups in total. The van der Waals surface area contributed by atoms with Crippen LogP contribution in [-0.4, -0.2) is 32.1 Å². The van der Waals surface area contributed by atoms with Crippen molar-refractivity contribution in [3.63, 3.8) is 0 Å². The molecule has 96 valence electrons. The van der Waals surface area contributed by atoms with Gasteiger partial charge in [0.25, 0.3) is 0 Å². The molecule has 5 heteroatoms. The average molecular weight is 245 g/mol. The highest BCUT2D eigenvalue weighted by molar-refractivity contribution is 5.45. The second kappa shape index (κ2) is 4.24. The van der Waals surface area contributed by atoms with Gasteiger partial charge >= 0.3 is 0 Å². The van der Waals surface area contributed by atoms with E-state index >= 15 is 0 Å². The lowest BCUT2D eigenvalue weighted by molar-refractivity contribution is 0.202. The second-order valence-electron chi connectivity index (χ2n) is 5.25. The van der Waals surface area contributed by atoms with E-state index in [4.69, 9.17) is 5.73 Å². The zero-order valence-electron chi connectivity index (χ0n) is 10.9. The average Bonchev–Trinajstić information content (AvgIpc) is 2.93. The van der Waals surface area contributed by atoms with Crippen LogP contribution >= 0.6 is 0 Å². The molecule has 0 radical (unpaired) electrons. The minimum Gasteiger partial charge on any atom is -0.396 e. The highest BCUT2D eigenvalue weighted by Gasteiger charge is 2.29. The first-order chi connectivity index (χ1) is 8.65. The molecular weight excluding hydrogens is 226 g/mol. The van der Waals surface area contributed by atoms with Gasteiger partial charge in [-0.1, -0.05) is 0 Å². The van der Waals surface area contributed by atoms with Crippen molar-refractivity contribution in [2.75, 3.05) is 12.3 Å². The van der Waals surface area contributed by atoms with Crippen molar-refractivity contribution >= 4 is 11.3 Å². The quantitative estimate of drug-likeness (QED) is 0.877. The van der Waals surface area contributed by atoms with Gasteiger partial charge < -0.3 is 5.73 Å². The third kappa shape index (κ3) is 1.84. The first kappa shape index (κ1) is 11.5. The number of nitrogens with two attached hydrogens (primary N) is 1. The zero-order valence-corrected chi connectivity index (χ0v) is 10.9. The van der Waals surface area contributed by atoms with Gasteiger partial charge in [-0.3, -0.25) is 4.90 Å². The summed E-state index contributed by atoms with van der Waals surface area (Å²) in [6, 6.07) is 3.05. The summed E-state index contributed by atoms with van der Waals surface area (Å²) in [5.74, 6) is 0. The SMILES string of the molecule is CC(C)N1CCCC1c1cc2ncc(N)cn2n1. The highest BCUT2D eigenvalue weighted by atomic mass is 15.3. The number of nitrogen functional groups attached to an aromatic ring is 1. The standard InChI is InChI=1S/C13H19N5/c1-9(2)17-5-3-4-12(17)11-6-13-15-7-10(14)8-18(13)16-11/h6-9,12H,3-5,14H2,1-2H3. The molecule has 0 saturated carbocycles. The fourth-order valence-corrected chi connectivity index (χ4v) is 2.80.